The van der Waals surface area contributed by atoms with E-state index in [4.69, 9.17) is 21.1 Å². The predicted molar refractivity (Wildman–Crippen MR) is 76.9 cm³/mol. The van der Waals surface area contributed by atoms with Crippen LogP contribution in [0.5, 0.6) is 5.75 Å². The smallest absolute Gasteiger partial charge is 0.123 e. The molecule has 1 unspecified atom stereocenters. The number of nitrogens with zero attached hydrogens (tertiary/aromatic N) is 1. The van der Waals surface area contributed by atoms with Crippen LogP contribution in [-0.2, 0) is 11.3 Å². The van der Waals surface area contributed by atoms with Gasteiger partial charge in [0.15, 0.2) is 0 Å². The molecule has 19 heavy (non-hydrogen) atoms. The van der Waals surface area contributed by atoms with E-state index in [0.717, 1.165) is 49.1 Å². The highest BCUT2D eigenvalue weighted by molar-refractivity contribution is 6.30. The molecule has 0 saturated carbocycles. The largest absolute Gasteiger partial charge is 0.496 e. The summed E-state index contributed by atoms with van der Waals surface area (Å²) in [6, 6.07) is 5.71. The molecule has 0 radical (unpaired) electrons. The number of rotatable bonds is 5. The molecule has 1 aromatic rings. The van der Waals surface area contributed by atoms with Crippen LogP contribution in [0.3, 0.4) is 0 Å². The van der Waals surface area contributed by atoms with Crippen LogP contribution in [0.4, 0.5) is 0 Å². The van der Waals surface area contributed by atoms with Gasteiger partial charge in [0.2, 0.25) is 0 Å². The van der Waals surface area contributed by atoms with E-state index in [2.05, 4.69) is 17.3 Å². The minimum Gasteiger partial charge on any atom is -0.496 e. The summed E-state index contributed by atoms with van der Waals surface area (Å²) >= 11 is 6.04. The van der Waals surface area contributed by atoms with Crippen molar-refractivity contribution < 1.29 is 9.47 Å². The molecule has 0 spiro atoms. The summed E-state index contributed by atoms with van der Waals surface area (Å²) in [5, 5.41) is 4.07. The standard InChI is InChI=1S/C14H21ClN2O2/c1-17(10-13-8-16-5-6-19-13)9-11-7-12(15)3-4-14(11)18-2/h3-4,7,13,16H,5-6,8-10H2,1-2H3. The predicted octanol–water partition coefficient (Wildman–Crippen LogP) is 1.77. The molecule has 0 amide bonds. The number of hydrogen-bond acceptors (Lipinski definition) is 4. The quantitative estimate of drug-likeness (QED) is 0.894. The highest BCUT2D eigenvalue weighted by Crippen LogP contribution is 2.23. The third kappa shape index (κ3) is 4.35. The first-order valence-corrected chi connectivity index (χ1v) is 6.90. The number of nitrogens with one attached hydrogen (secondary N) is 1. The van der Waals surface area contributed by atoms with Gasteiger partial charge in [0.05, 0.1) is 19.8 Å². The van der Waals surface area contributed by atoms with Crippen LogP contribution in [0.15, 0.2) is 18.2 Å². The Morgan fingerprint density at radius 3 is 3.05 bits per heavy atom. The maximum Gasteiger partial charge on any atom is 0.123 e. The first kappa shape index (κ1) is 14.6. The molecule has 0 aromatic heterocycles. The molecule has 4 nitrogen and oxygen atoms in total. The van der Waals surface area contributed by atoms with E-state index in [-0.39, 0.29) is 6.10 Å². The van der Waals surface area contributed by atoms with Gasteiger partial charge in [-0.3, -0.25) is 4.90 Å². The Balaban J connectivity index is 1.93. The first-order chi connectivity index (χ1) is 9.19. The van der Waals surface area contributed by atoms with Crippen molar-refractivity contribution in [1.29, 1.82) is 0 Å². The second-order valence-corrected chi connectivity index (χ2v) is 5.29. The Labute approximate surface area is 119 Å². The highest BCUT2D eigenvalue weighted by Gasteiger charge is 2.16. The van der Waals surface area contributed by atoms with E-state index in [1.54, 1.807) is 7.11 Å². The zero-order valence-electron chi connectivity index (χ0n) is 11.5. The van der Waals surface area contributed by atoms with Crippen LogP contribution in [-0.4, -0.2) is 51.4 Å². The van der Waals surface area contributed by atoms with Crippen molar-refractivity contribution in [2.75, 3.05) is 40.4 Å². The molecule has 1 N–H and O–H groups in total. The van der Waals surface area contributed by atoms with Crippen molar-refractivity contribution >= 4 is 11.6 Å². The number of likely N-dealkylation sites (N-methyl/N-ethyl adjacent to an activating group) is 1. The summed E-state index contributed by atoms with van der Waals surface area (Å²) in [6.45, 7) is 4.34. The van der Waals surface area contributed by atoms with Gasteiger partial charge in [-0.05, 0) is 25.2 Å². The van der Waals surface area contributed by atoms with Gasteiger partial charge < -0.3 is 14.8 Å². The van der Waals surface area contributed by atoms with Gasteiger partial charge in [0.25, 0.3) is 0 Å². The van der Waals surface area contributed by atoms with Crippen LogP contribution in [0, 0.1) is 0 Å². The fraction of sp³-hybridized carbons (Fsp3) is 0.571. The average Bonchev–Trinajstić information content (AvgIpc) is 2.40. The monoisotopic (exact) mass is 284 g/mol. The van der Waals surface area contributed by atoms with Gasteiger partial charge in [-0.1, -0.05) is 11.6 Å². The number of halogens is 1. The second-order valence-electron chi connectivity index (χ2n) is 4.85. The average molecular weight is 285 g/mol. The molecule has 1 aromatic carbocycles. The van der Waals surface area contributed by atoms with Gasteiger partial charge in [0, 0.05) is 36.8 Å². The van der Waals surface area contributed by atoms with E-state index in [9.17, 15) is 0 Å². The third-order valence-corrected chi connectivity index (χ3v) is 3.44. The normalized spacial score (nSPS) is 19.7. The third-order valence-electron chi connectivity index (χ3n) is 3.20. The zero-order chi connectivity index (χ0) is 13.7. The summed E-state index contributed by atoms with van der Waals surface area (Å²) in [4.78, 5) is 2.23. The number of morpholine rings is 1. The van der Waals surface area contributed by atoms with Gasteiger partial charge in [-0.15, -0.1) is 0 Å². The van der Waals surface area contributed by atoms with E-state index in [0.29, 0.717) is 0 Å². The maximum absolute atomic E-state index is 6.04. The van der Waals surface area contributed by atoms with Crippen molar-refractivity contribution in [3.63, 3.8) is 0 Å². The van der Waals surface area contributed by atoms with Crippen molar-refractivity contribution in [3.8, 4) is 5.75 Å². The second kappa shape index (κ2) is 7.10. The Kier molecular flexibility index (Phi) is 5.45. The minimum absolute atomic E-state index is 0.254. The number of benzene rings is 1. The molecule has 106 valence electrons. The first-order valence-electron chi connectivity index (χ1n) is 6.52. The Hall–Kier alpha value is -0.810. The van der Waals surface area contributed by atoms with Crippen molar-refractivity contribution in [2.24, 2.45) is 0 Å². The molecule has 1 atom stereocenters. The van der Waals surface area contributed by atoms with E-state index >= 15 is 0 Å². The SMILES string of the molecule is COc1ccc(Cl)cc1CN(C)CC1CNCCO1. The molecule has 0 bridgehead atoms. The lowest BCUT2D eigenvalue weighted by atomic mass is 10.2. The summed E-state index contributed by atoms with van der Waals surface area (Å²) in [5.41, 5.74) is 1.10. The van der Waals surface area contributed by atoms with Crippen molar-refractivity contribution in [3.05, 3.63) is 28.8 Å². The Morgan fingerprint density at radius 1 is 1.53 bits per heavy atom. The van der Waals surface area contributed by atoms with E-state index < -0.39 is 0 Å². The van der Waals surface area contributed by atoms with Crippen LogP contribution in [0.2, 0.25) is 5.02 Å². The summed E-state index contributed by atoms with van der Waals surface area (Å²) < 4.78 is 11.1. The molecule has 5 heteroatoms. The lowest BCUT2D eigenvalue weighted by molar-refractivity contribution is 0.00875. The fourth-order valence-electron chi connectivity index (χ4n) is 2.31. The van der Waals surface area contributed by atoms with E-state index in [1.807, 2.05) is 18.2 Å². The Morgan fingerprint density at radius 2 is 2.37 bits per heavy atom. The van der Waals surface area contributed by atoms with Gasteiger partial charge in [-0.2, -0.15) is 0 Å². The zero-order valence-corrected chi connectivity index (χ0v) is 12.2. The summed E-state index contributed by atoms with van der Waals surface area (Å²) in [7, 11) is 3.76. The van der Waals surface area contributed by atoms with Crippen molar-refractivity contribution in [2.45, 2.75) is 12.6 Å². The van der Waals surface area contributed by atoms with Crippen LogP contribution in [0.25, 0.3) is 0 Å². The van der Waals surface area contributed by atoms with Gasteiger partial charge in [0.1, 0.15) is 5.75 Å². The fourth-order valence-corrected chi connectivity index (χ4v) is 2.51. The van der Waals surface area contributed by atoms with Crippen LogP contribution in [0.1, 0.15) is 5.56 Å². The summed E-state index contributed by atoms with van der Waals surface area (Å²) in [6.07, 6.45) is 0.254. The highest BCUT2D eigenvalue weighted by atomic mass is 35.5. The summed E-state index contributed by atoms with van der Waals surface area (Å²) in [5.74, 6) is 0.874. The molecule has 0 aliphatic carbocycles. The topological polar surface area (TPSA) is 33.7 Å². The molecule has 1 aliphatic heterocycles. The maximum atomic E-state index is 6.04. The molecular weight excluding hydrogens is 264 g/mol. The van der Waals surface area contributed by atoms with Crippen molar-refractivity contribution in [1.82, 2.24) is 10.2 Å². The van der Waals surface area contributed by atoms with Crippen LogP contribution >= 0.6 is 11.6 Å². The molecule has 1 aliphatic rings. The number of ether oxygens (including phenoxy) is 2. The van der Waals surface area contributed by atoms with Gasteiger partial charge >= 0.3 is 0 Å². The van der Waals surface area contributed by atoms with E-state index in [1.165, 1.54) is 0 Å². The van der Waals surface area contributed by atoms with Crippen LogP contribution < -0.4 is 10.1 Å². The number of hydrogen-bond donors (Lipinski definition) is 1. The molecule has 1 heterocycles. The minimum atomic E-state index is 0.254. The molecular formula is C14H21ClN2O2. The molecule has 2 rings (SSSR count). The lowest BCUT2D eigenvalue weighted by Crippen LogP contribution is -2.44. The number of methoxy groups -OCH3 is 1. The molecule has 1 saturated heterocycles. The molecule has 1 fully saturated rings. The Bertz CT molecular complexity index is 408. The van der Waals surface area contributed by atoms with Gasteiger partial charge in [-0.25, -0.2) is 0 Å². The lowest BCUT2D eigenvalue weighted by Gasteiger charge is -2.28.